The van der Waals surface area contributed by atoms with E-state index in [0.29, 0.717) is 25.3 Å². The Morgan fingerprint density at radius 3 is 3.00 bits per heavy atom. The minimum Gasteiger partial charge on any atom is -0.352 e. The molecule has 9 nitrogen and oxygen atoms in total. The zero-order valence-corrected chi connectivity index (χ0v) is 13.9. The zero-order valence-electron chi connectivity index (χ0n) is 13.9. The van der Waals surface area contributed by atoms with Gasteiger partial charge >= 0.3 is 0 Å². The van der Waals surface area contributed by atoms with Gasteiger partial charge in [-0.3, -0.25) is 14.4 Å². The molecule has 2 aromatic heterocycles. The predicted molar refractivity (Wildman–Crippen MR) is 89.1 cm³/mol. The molecule has 2 N–H and O–H groups in total. The molecule has 3 rings (SSSR count). The van der Waals surface area contributed by atoms with Crippen LogP contribution in [0.3, 0.4) is 0 Å². The number of hydrogen-bond donors (Lipinski definition) is 2. The summed E-state index contributed by atoms with van der Waals surface area (Å²) < 4.78 is 1.86. The van der Waals surface area contributed by atoms with Crippen molar-refractivity contribution in [1.29, 1.82) is 0 Å². The molecular weight excluding hydrogens is 324 g/mol. The lowest BCUT2D eigenvalue weighted by atomic mass is 10.1. The van der Waals surface area contributed by atoms with Crippen LogP contribution in [0.4, 0.5) is 0 Å². The average Bonchev–Trinajstić information content (AvgIpc) is 3.28. The molecule has 0 bridgehead atoms. The number of carbonyl (C=O) groups excluding carboxylic acids is 2. The van der Waals surface area contributed by atoms with E-state index in [9.17, 15) is 14.4 Å². The first-order valence-electron chi connectivity index (χ1n) is 8.20. The summed E-state index contributed by atoms with van der Waals surface area (Å²) in [7, 11) is 0. The molecule has 1 aliphatic rings. The number of hydrogen-bond acceptors (Lipinski definition) is 5. The van der Waals surface area contributed by atoms with Crippen LogP contribution in [-0.4, -0.2) is 56.1 Å². The standard InChI is InChI=1S/C16H20N6O3/c1-2-21-9-13(18-10-21)16(25)22-4-3-11(8-22)6-17-15(24)12-5-14(23)20-19-7-12/h5,7,9-11H,2-4,6,8H2,1H3,(H,17,24)(H,20,23)/t11-/m1/s1. The van der Waals surface area contributed by atoms with Gasteiger partial charge in [0.15, 0.2) is 0 Å². The van der Waals surface area contributed by atoms with E-state index in [4.69, 9.17) is 0 Å². The van der Waals surface area contributed by atoms with Gasteiger partial charge in [0.05, 0.1) is 18.1 Å². The lowest BCUT2D eigenvalue weighted by molar-refractivity contribution is 0.0782. The van der Waals surface area contributed by atoms with Gasteiger partial charge in [0.2, 0.25) is 0 Å². The van der Waals surface area contributed by atoms with Crippen LogP contribution < -0.4 is 10.9 Å². The molecule has 0 spiro atoms. The molecule has 25 heavy (non-hydrogen) atoms. The largest absolute Gasteiger partial charge is 0.352 e. The van der Waals surface area contributed by atoms with Crippen molar-refractivity contribution >= 4 is 11.8 Å². The fourth-order valence-corrected chi connectivity index (χ4v) is 2.83. The van der Waals surface area contributed by atoms with Gasteiger partial charge < -0.3 is 14.8 Å². The highest BCUT2D eigenvalue weighted by molar-refractivity contribution is 5.94. The van der Waals surface area contributed by atoms with Gasteiger partial charge in [-0.2, -0.15) is 5.10 Å². The number of carbonyl (C=O) groups is 2. The van der Waals surface area contributed by atoms with Crippen molar-refractivity contribution in [2.24, 2.45) is 5.92 Å². The van der Waals surface area contributed by atoms with Gasteiger partial charge in [0, 0.05) is 38.4 Å². The number of imidazole rings is 1. The van der Waals surface area contributed by atoms with Crippen molar-refractivity contribution in [3.05, 3.63) is 46.4 Å². The molecule has 0 saturated carbocycles. The fraction of sp³-hybridized carbons (Fsp3) is 0.438. The summed E-state index contributed by atoms with van der Waals surface area (Å²) in [5.74, 6) is -0.249. The monoisotopic (exact) mass is 344 g/mol. The van der Waals surface area contributed by atoms with Crippen molar-refractivity contribution in [3.8, 4) is 0 Å². The Hall–Kier alpha value is -2.97. The Kier molecular flexibility index (Phi) is 4.92. The predicted octanol–water partition coefficient (Wildman–Crippen LogP) is -0.122. The van der Waals surface area contributed by atoms with Gasteiger partial charge in [0.25, 0.3) is 17.4 Å². The van der Waals surface area contributed by atoms with Crippen LogP contribution in [-0.2, 0) is 6.54 Å². The number of aromatic nitrogens is 4. The van der Waals surface area contributed by atoms with Crippen LogP contribution in [0.25, 0.3) is 0 Å². The summed E-state index contributed by atoms with van der Waals surface area (Å²) >= 11 is 0. The first-order chi connectivity index (χ1) is 12.1. The Morgan fingerprint density at radius 2 is 2.28 bits per heavy atom. The topological polar surface area (TPSA) is 113 Å². The van der Waals surface area contributed by atoms with Crippen molar-refractivity contribution in [2.75, 3.05) is 19.6 Å². The molecule has 2 amide bonds. The second kappa shape index (κ2) is 7.29. The average molecular weight is 344 g/mol. The number of likely N-dealkylation sites (tertiary alicyclic amines) is 1. The molecule has 0 unspecified atom stereocenters. The Bertz CT molecular complexity index is 827. The lowest BCUT2D eigenvalue weighted by Gasteiger charge is -2.15. The quantitative estimate of drug-likeness (QED) is 0.785. The summed E-state index contributed by atoms with van der Waals surface area (Å²) in [6.45, 7) is 4.42. The summed E-state index contributed by atoms with van der Waals surface area (Å²) in [5.41, 5.74) is 0.248. The zero-order chi connectivity index (χ0) is 17.8. The molecule has 3 heterocycles. The van der Waals surface area contributed by atoms with Crippen molar-refractivity contribution in [2.45, 2.75) is 19.9 Å². The molecular formula is C16H20N6O3. The third kappa shape index (κ3) is 3.93. The van der Waals surface area contributed by atoms with E-state index in [1.165, 1.54) is 12.3 Å². The van der Waals surface area contributed by atoms with Crippen LogP contribution in [0.1, 0.15) is 34.2 Å². The molecule has 0 aliphatic carbocycles. The van der Waals surface area contributed by atoms with Crippen LogP contribution >= 0.6 is 0 Å². The number of amides is 2. The Labute approximate surface area is 144 Å². The summed E-state index contributed by atoms with van der Waals surface area (Å²) in [6, 6.07) is 1.21. The maximum atomic E-state index is 12.4. The fourth-order valence-electron chi connectivity index (χ4n) is 2.83. The molecule has 1 aliphatic heterocycles. The van der Waals surface area contributed by atoms with Gasteiger partial charge in [-0.05, 0) is 19.3 Å². The first kappa shape index (κ1) is 16.9. The third-order valence-corrected chi connectivity index (χ3v) is 4.27. The molecule has 1 saturated heterocycles. The van der Waals surface area contributed by atoms with E-state index in [1.807, 2.05) is 11.5 Å². The molecule has 1 fully saturated rings. The van der Waals surface area contributed by atoms with Crippen LogP contribution in [0.2, 0.25) is 0 Å². The van der Waals surface area contributed by atoms with Gasteiger partial charge in [0.1, 0.15) is 5.69 Å². The number of H-pyrrole nitrogens is 1. The number of rotatable bonds is 5. The van der Waals surface area contributed by atoms with E-state index in [-0.39, 0.29) is 23.3 Å². The lowest BCUT2D eigenvalue weighted by Crippen LogP contribution is -2.33. The Morgan fingerprint density at radius 1 is 1.44 bits per heavy atom. The number of aryl methyl sites for hydroxylation is 1. The van der Waals surface area contributed by atoms with Crippen molar-refractivity contribution in [3.63, 3.8) is 0 Å². The molecule has 1 atom stereocenters. The van der Waals surface area contributed by atoms with Crippen LogP contribution in [0.15, 0.2) is 29.6 Å². The minimum absolute atomic E-state index is 0.0835. The molecule has 2 aromatic rings. The second-order valence-electron chi connectivity index (χ2n) is 6.04. The number of nitrogens with zero attached hydrogens (tertiary/aromatic N) is 4. The van der Waals surface area contributed by atoms with E-state index in [2.05, 4.69) is 20.5 Å². The summed E-state index contributed by atoms with van der Waals surface area (Å²) in [5, 5.41) is 8.62. The molecule has 0 aromatic carbocycles. The summed E-state index contributed by atoms with van der Waals surface area (Å²) in [4.78, 5) is 41.5. The van der Waals surface area contributed by atoms with Crippen molar-refractivity contribution < 1.29 is 9.59 Å². The third-order valence-electron chi connectivity index (χ3n) is 4.27. The SMILES string of the molecule is CCn1cnc(C(=O)N2CC[C@H](CNC(=O)c3cn[nH]c(=O)c3)C2)c1. The van der Waals surface area contributed by atoms with Gasteiger partial charge in [-0.1, -0.05) is 0 Å². The maximum Gasteiger partial charge on any atom is 0.274 e. The first-order valence-corrected chi connectivity index (χ1v) is 8.20. The van der Waals surface area contributed by atoms with Gasteiger partial charge in [-0.25, -0.2) is 10.1 Å². The van der Waals surface area contributed by atoms with E-state index in [1.54, 1.807) is 17.4 Å². The highest BCUT2D eigenvalue weighted by Crippen LogP contribution is 2.17. The van der Waals surface area contributed by atoms with Gasteiger partial charge in [-0.15, -0.1) is 0 Å². The minimum atomic E-state index is -0.420. The summed E-state index contributed by atoms with van der Waals surface area (Å²) in [6.07, 6.45) is 5.52. The Balaban J connectivity index is 1.52. The second-order valence-corrected chi connectivity index (χ2v) is 6.04. The highest BCUT2D eigenvalue weighted by Gasteiger charge is 2.28. The van der Waals surface area contributed by atoms with E-state index in [0.717, 1.165) is 13.0 Å². The normalized spacial score (nSPS) is 16.8. The smallest absolute Gasteiger partial charge is 0.274 e. The van der Waals surface area contributed by atoms with Crippen molar-refractivity contribution in [1.82, 2.24) is 30.0 Å². The van der Waals surface area contributed by atoms with Crippen LogP contribution in [0.5, 0.6) is 0 Å². The maximum absolute atomic E-state index is 12.4. The number of aromatic amines is 1. The van der Waals surface area contributed by atoms with E-state index < -0.39 is 5.56 Å². The van der Waals surface area contributed by atoms with Crippen LogP contribution in [0, 0.1) is 5.92 Å². The highest BCUT2D eigenvalue weighted by atomic mass is 16.2. The molecule has 9 heteroatoms. The van der Waals surface area contributed by atoms with E-state index >= 15 is 0 Å². The molecule has 0 radical (unpaired) electrons. The number of nitrogens with one attached hydrogen (secondary N) is 2. The molecule has 132 valence electrons.